The van der Waals surface area contributed by atoms with Crippen LogP contribution in [-0.2, 0) is 10.0 Å². The van der Waals surface area contributed by atoms with Gasteiger partial charge in [-0.2, -0.15) is 0 Å². The molecule has 2 aromatic rings. The minimum Gasteiger partial charge on any atom is -0.465 e. The van der Waals surface area contributed by atoms with Crippen LogP contribution in [0.15, 0.2) is 33.6 Å². The Labute approximate surface area is 157 Å². The monoisotopic (exact) mass is 406 g/mol. The molecule has 2 unspecified atom stereocenters. The average Bonchev–Trinajstić information content (AvgIpc) is 2.90. The van der Waals surface area contributed by atoms with Gasteiger partial charge in [-0.15, -0.1) is 12.4 Å². The molecule has 0 saturated carbocycles. The molecule has 0 amide bonds. The van der Waals surface area contributed by atoms with Crippen LogP contribution in [0.2, 0.25) is 0 Å². The molecule has 0 spiro atoms. The zero-order valence-corrected chi connectivity index (χ0v) is 16.0. The molecule has 0 bridgehead atoms. The van der Waals surface area contributed by atoms with Gasteiger partial charge in [-0.05, 0) is 50.6 Å². The van der Waals surface area contributed by atoms with Crippen molar-refractivity contribution in [3.63, 3.8) is 0 Å². The van der Waals surface area contributed by atoms with E-state index >= 15 is 0 Å². The van der Waals surface area contributed by atoms with E-state index in [0.717, 1.165) is 12.1 Å². The van der Waals surface area contributed by atoms with Gasteiger partial charge < -0.3 is 9.73 Å². The highest BCUT2D eigenvalue weighted by Crippen LogP contribution is 2.29. The van der Waals surface area contributed by atoms with Crippen molar-refractivity contribution in [3.05, 3.63) is 53.0 Å². The number of sulfonamides is 1. The number of nitrogens with one attached hydrogen (secondary N) is 2. The summed E-state index contributed by atoms with van der Waals surface area (Å²) in [5.74, 6) is -1.27. The maximum absolute atomic E-state index is 13.6. The normalized spacial score (nSPS) is 20.6. The summed E-state index contributed by atoms with van der Waals surface area (Å²) < 4.78 is 60.2. The van der Waals surface area contributed by atoms with Gasteiger partial charge in [0, 0.05) is 18.5 Å². The smallest absolute Gasteiger partial charge is 0.244 e. The summed E-state index contributed by atoms with van der Waals surface area (Å²) >= 11 is 0. The lowest BCUT2D eigenvalue weighted by Gasteiger charge is -2.33. The third-order valence-electron chi connectivity index (χ3n) is 4.45. The molecule has 1 fully saturated rings. The molecule has 0 aliphatic carbocycles. The summed E-state index contributed by atoms with van der Waals surface area (Å²) in [6.07, 6.45) is 0.613. The predicted molar refractivity (Wildman–Crippen MR) is 96.1 cm³/mol. The minimum atomic E-state index is -3.78. The lowest BCUT2D eigenvalue weighted by Crippen LogP contribution is -2.49. The molecule has 1 aliphatic rings. The summed E-state index contributed by atoms with van der Waals surface area (Å²) in [5, 5.41) is 3.14. The van der Waals surface area contributed by atoms with Gasteiger partial charge >= 0.3 is 0 Å². The molecule has 144 valence electrons. The van der Waals surface area contributed by atoms with Crippen LogP contribution in [0, 0.1) is 25.5 Å². The number of hydrogen-bond acceptors (Lipinski definition) is 4. The lowest BCUT2D eigenvalue weighted by molar-refractivity contribution is 0.376. The zero-order chi connectivity index (χ0) is 18.2. The number of piperidine rings is 1. The molecule has 3 rings (SSSR count). The van der Waals surface area contributed by atoms with Crippen molar-refractivity contribution in [1.29, 1.82) is 0 Å². The van der Waals surface area contributed by atoms with E-state index in [1.54, 1.807) is 13.8 Å². The van der Waals surface area contributed by atoms with Crippen LogP contribution in [0.5, 0.6) is 0 Å². The fourth-order valence-electron chi connectivity index (χ4n) is 3.26. The van der Waals surface area contributed by atoms with Crippen molar-refractivity contribution in [1.82, 2.24) is 10.0 Å². The number of furan rings is 1. The largest absolute Gasteiger partial charge is 0.465 e. The lowest BCUT2D eigenvalue weighted by atomic mass is 9.86. The Hall–Kier alpha value is -1.48. The Kier molecular flexibility index (Phi) is 6.44. The first-order valence-electron chi connectivity index (χ1n) is 8.03. The van der Waals surface area contributed by atoms with E-state index in [9.17, 15) is 17.2 Å². The van der Waals surface area contributed by atoms with Crippen molar-refractivity contribution in [3.8, 4) is 0 Å². The second-order valence-corrected chi connectivity index (χ2v) is 7.96. The van der Waals surface area contributed by atoms with Crippen LogP contribution >= 0.6 is 12.4 Å². The molecule has 0 radical (unpaired) electrons. The zero-order valence-electron chi connectivity index (χ0n) is 14.4. The van der Waals surface area contributed by atoms with Gasteiger partial charge in [0.2, 0.25) is 10.0 Å². The molecular weight excluding hydrogens is 386 g/mol. The Morgan fingerprint density at radius 1 is 1.19 bits per heavy atom. The minimum absolute atomic E-state index is 0. The van der Waals surface area contributed by atoms with Crippen molar-refractivity contribution in [2.45, 2.75) is 37.1 Å². The maximum Gasteiger partial charge on any atom is 0.244 e. The van der Waals surface area contributed by atoms with Crippen molar-refractivity contribution < 1.29 is 21.6 Å². The Morgan fingerprint density at radius 3 is 2.54 bits per heavy atom. The maximum atomic E-state index is 13.6. The van der Waals surface area contributed by atoms with Crippen molar-refractivity contribution in [2.75, 3.05) is 13.1 Å². The molecule has 1 aliphatic heterocycles. The SMILES string of the molecule is Cc1cc(S(=O)(=O)NC2CNCCC2c2ccc(F)c(F)c2)c(C)o1.Cl. The average molecular weight is 407 g/mol. The van der Waals surface area contributed by atoms with Crippen molar-refractivity contribution >= 4 is 22.4 Å². The summed E-state index contributed by atoms with van der Waals surface area (Å²) in [4.78, 5) is 0.0969. The van der Waals surface area contributed by atoms with E-state index in [1.165, 1.54) is 12.1 Å². The highest BCUT2D eigenvalue weighted by atomic mass is 35.5. The van der Waals surface area contributed by atoms with E-state index in [2.05, 4.69) is 10.0 Å². The quantitative estimate of drug-likeness (QED) is 0.818. The first-order valence-corrected chi connectivity index (χ1v) is 9.51. The summed E-state index contributed by atoms with van der Waals surface area (Å²) in [5.41, 5.74) is 0.577. The van der Waals surface area contributed by atoms with Gasteiger partial charge in [0.1, 0.15) is 16.4 Å². The predicted octanol–water partition coefficient (Wildman–Crippen LogP) is 3.02. The standard InChI is InChI=1S/C17H20F2N2O3S.ClH/c1-10-7-17(11(2)24-10)25(22,23)21-16-9-20-6-5-13(16)12-3-4-14(18)15(19)8-12;/h3-4,7-8,13,16,20-21H,5-6,9H2,1-2H3;1H. The van der Waals surface area contributed by atoms with E-state index in [0.29, 0.717) is 36.6 Å². The third kappa shape index (κ3) is 4.25. The van der Waals surface area contributed by atoms with Gasteiger partial charge in [-0.1, -0.05) is 6.07 Å². The first kappa shape index (κ1) is 20.8. The van der Waals surface area contributed by atoms with E-state index in [4.69, 9.17) is 4.42 Å². The fourth-order valence-corrected chi connectivity index (χ4v) is 4.78. The van der Waals surface area contributed by atoms with E-state index in [1.807, 2.05) is 0 Å². The fraction of sp³-hybridized carbons (Fsp3) is 0.412. The Morgan fingerprint density at radius 2 is 1.92 bits per heavy atom. The van der Waals surface area contributed by atoms with Crippen molar-refractivity contribution in [2.24, 2.45) is 0 Å². The van der Waals surface area contributed by atoms with Gasteiger partial charge in [0.05, 0.1) is 0 Å². The second-order valence-electron chi connectivity index (χ2n) is 6.28. The number of rotatable bonds is 4. The topological polar surface area (TPSA) is 71.3 Å². The highest BCUT2D eigenvalue weighted by molar-refractivity contribution is 7.89. The summed E-state index contributed by atoms with van der Waals surface area (Å²) in [7, 11) is -3.78. The Balaban J connectivity index is 0.00000243. The van der Waals surface area contributed by atoms with E-state index in [-0.39, 0.29) is 23.2 Å². The van der Waals surface area contributed by atoms with Gasteiger partial charge in [-0.25, -0.2) is 21.9 Å². The van der Waals surface area contributed by atoms with Crippen LogP contribution in [-0.4, -0.2) is 27.5 Å². The number of halogens is 3. The Bertz CT molecular complexity index is 886. The van der Waals surface area contributed by atoms with Crippen LogP contribution in [0.4, 0.5) is 8.78 Å². The molecule has 2 atom stereocenters. The molecule has 5 nitrogen and oxygen atoms in total. The van der Waals surface area contributed by atoms with Crippen LogP contribution in [0.3, 0.4) is 0 Å². The van der Waals surface area contributed by atoms with Crippen LogP contribution in [0.1, 0.15) is 29.4 Å². The molecule has 2 heterocycles. The first-order chi connectivity index (χ1) is 11.8. The number of benzene rings is 1. The molecule has 1 aromatic heterocycles. The molecule has 26 heavy (non-hydrogen) atoms. The van der Waals surface area contributed by atoms with E-state index < -0.39 is 27.7 Å². The van der Waals surface area contributed by atoms with Crippen LogP contribution in [0.25, 0.3) is 0 Å². The van der Waals surface area contributed by atoms with Gasteiger partial charge in [0.15, 0.2) is 11.6 Å². The highest BCUT2D eigenvalue weighted by Gasteiger charge is 2.32. The van der Waals surface area contributed by atoms with Crippen LogP contribution < -0.4 is 10.0 Å². The molecular formula is C17H21ClF2N2O3S. The second kappa shape index (κ2) is 8.04. The molecule has 1 saturated heterocycles. The summed E-state index contributed by atoms with van der Waals surface area (Å²) in [6, 6.07) is 4.71. The summed E-state index contributed by atoms with van der Waals surface area (Å²) in [6.45, 7) is 4.34. The number of aryl methyl sites for hydroxylation is 2. The van der Waals surface area contributed by atoms with Gasteiger partial charge in [-0.3, -0.25) is 0 Å². The third-order valence-corrected chi connectivity index (χ3v) is 6.04. The molecule has 1 aromatic carbocycles. The molecule has 2 N–H and O–H groups in total. The molecule has 9 heteroatoms. The van der Waals surface area contributed by atoms with Gasteiger partial charge in [0.25, 0.3) is 0 Å². The number of hydrogen-bond donors (Lipinski definition) is 2.